The molecule has 1 aromatic heterocycles. The molecule has 2 atom stereocenters. The highest BCUT2D eigenvalue weighted by atomic mass is 32.1. The number of fused-ring (bicyclic) bond motifs is 2. The van der Waals surface area contributed by atoms with Gasteiger partial charge < -0.3 is 19.3 Å². The Morgan fingerprint density at radius 3 is 2.50 bits per heavy atom. The molecule has 2 aliphatic heterocycles. The molecule has 2 aliphatic rings. The highest BCUT2D eigenvalue weighted by molar-refractivity contribution is 7.22. The maximum absolute atomic E-state index is 13.6. The van der Waals surface area contributed by atoms with Crippen LogP contribution in [0.3, 0.4) is 0 Å². The zero-order chi connectivity index (χ0) is 28.0. The van der Waals surface area contributed by atoms with Gasteiger partial charge in [-0.2, -0.15) is 0 Å². The topological polar surface area (TPSA) is 98.2 Å². The number of aliphatic hydroxyl groups is 1. The summed E-state index contributed by atoms with van der Waals surface area (Å²) < 4.78 is 17.8. The summed E-state index contributed by atoms with van der Waals surface area (Å²) in [5, 5.41) is 11.9. The number of nitrogens with zero attached hydrogens (tertiary/aromatic N) is 2. The third-order valence-corrected chi connectivity index (χ3v) is 8.00. The molecule has 3 aromatic carbocycles. The SMILES string of the molecule is CCOc1ccc([C@H]2/C(=C(\O)c3ccc4c(c3)C[C@@H](C)O4)C(=O)C(=O)N2c2nc3ccc(OCC)cc3s2)cc1. The average Bonchev–Trinajstić information content (AvgIpc) is 3.61. The Hall–Kier alpha value is -4.37. The van der Waals surface area contributed by atoms with Gasteiger partial charge in [0.25, 0.3) is 5.78 Å². The zero-order valence-corrected chi connectivity index (χ0v) is 23.2. The number of aromatic nitrogens is 1. The summed E-state index contributed by atoms with van der Waals surface area (Å²) in [4.78, 5) is 33.3. The fourth-order valence-electron chi connectivity index (χ4n) is 5.24. The van der Waals surface area contributed by atoms with Crippen molar-refractivity contribution in [3.63, 3.8) is 0 Å². The average molecular weight is 557 g/mol. The first kappa shape index (κ1) is 25.9. The Labute approximate surface area is 235 Å². The van der Waals surface area contributed by atoms with Gasteiger partial charge in [0.05, 0.1) is 35.0 Å². The van der Waals surface area contributed by atoms with Crippen molar-refractivity contribution >= 4 is 44.1 Å². The lowest BCUT2D eigenvalue weighted by Gasteiger charge is -2.23. The zero-order valence-electron chi connectivity index (χ0n) is 22.3. The van der Waals surface area contributed by atoms with E-state index in [0.29, 0.717) is 52.9 Å². The molecule has 0 radical (unpaired) electrons. The third-order valence-electron chi connectivity index (χ3n) is 6.99. The summed E-state index contributed by atoms with van der Waals surface area (Å²) in [6.45, 7) is 6.82. The number of anilines is 1. The lowest BCUT2D eigenvalue weighted by molar-refractivity contribution is -0.132. The Morgan fingerprint density at radius 1 is 1.02 bits per heavy atom. The highest BCUT2D eigenvalue weighted by Crippen LogP contribution is 2.45. The van der Waals surface area contributed by atoms with Crippen LogP contribution in [0.25, 0.3) is 16.0 Å². The van der Waals surface area contributed by atoms with Crippen LogP contribution < -0.4 is 19.1 Å². The summed E-state index contributed by atoms with van der Waals surface area (Å²) in [6.07, 6.45) is 0.729. The van der Waals surface area contributed by atoms with Crippen LogP contribution in [-0.4, -0.2) is 41.1 Å². The molecule has 1 fully saturated rings. The number of rotatable bonds is 7. The quantitative estimate of drug-likeness (QED) is 0.168. The van der Waals surface area contributed by atoms with E-state index in [2.05, 4.69) is 0 Å². The molecular weight excluding hydrogens is 528 g/mol. The van der Waals surface area contributed by atoms with E-state index in [1.807, 2.05) is 45.0 Å². The van der Waals surface area contributed by atoms with Crippen LogP contribution in [-0.2, 0) is 16.0 Å². The molecule has 0 unspecified atom stereocenters. The smallest absolute Gasteiger partial charge is 0.301 e. The van der Waals surface area contributed by atoms with E-state index in [0.717, 1.165) is 16.0 Å². The van der Waals surface area contributed by atoms with Crippen LogP contribution in [0, 0.1) is 0 Å². The Balaban J connectivity index is 1.49. The predicted molar refractivity (Wildman–Crippen MR) is 153 cm³/mol. The second-order valence-electron chi connectivity index (χ2n) is 9.69. The van der Waals surface area contributed by atoms with Crippen LogP contribution in [0.4, 0.5) is 5.13 Å². The van der Waals surface area contributed by atoms with Gasteiger partial charge in [0.1, 0.15) is 29.1 Å². The number of benzene rings is 3. The number of Topliss-reactive ketones (excluding diaryl/α,β-unsaturated/α-hetero) is 1. The number of thiazole rings is 1. The molecule has 40 heavy (non-hydrogen) atoms. The number of carbonyl (C=O) groups excluding carboxylic acids is 2. The molecule has 9 heteroatoms. The monoisotopic (exact) mass is 556 g/mol. The molecular formula is C31H28N2O6S. The van der Waals surface area contributed by atoms with Crippen molar-refractivity contribution in [2.75, 3.05) is 18.1 Å². The van der Waals surface area contributed by atoms with E-state index in [4.69, 9.17) is 19.2 Å². The molecule has 1 saturated heterocycles. The van der Waals surface area contributed by atoms with Crippen molar-refractivity contribution in [3.8, 4) is 17.2 Å². The number of hydrogen-bond acceptors (Lipinski definition) is 8. The van der Waals surface area contributed by atoms with E-state index in [1.54, 1.807) is 36.4 Å². The molecule has 6 rings (SSSR count). The van der Waals surface area contributed by atoms with Gasteiger partial charge in [-0.25, -0.2) is 4.98 Å². The lowest BCUT2D eigenvalue weighted by atomic mass is 9.94. The molecule has 4 aromatic rings. The molecule has 1 N–H and O–H groups in total. The Morgan fingerprint density at radius 2 is 1.75 bits per heavy atom. The van der Waals surface area contributed by atoms with Gasteiger partial charge in [0.2, 0.25) is 0 Å². The highest BCUT2D eigenvalue weighted by Gasteiger charge is 2.48. The fourth-order valence-corrected chi connectivity index (χ4v) is 6.26. The van der Waals surface area contributed by atoms with Crippen molar-refractivity contribution in [2.45, 2.75) is 39.3 Å². The van der Waals surface area contributed by atoms with Gasteiger partial charge in [-0.05, 0) is 80.4 Å². The molecule has 1 amide bonds. The minimum atomic E-state index is -0.883. The van der Waals surface area contributed by atoms with Crippen molar-refractivity contribution in [1.29, 1.82) is 0 Å². The largest absolute Gasteiger partial charge is 0.507 e. The first-order chi connectivity index (χ1) is 19.4. The van der Waals surface area contributed by atoms with Crippen molar-refractivity contribution in [3.05, 3.63) is 82.9 Å². The lowest BCUT2D eigenvalue weighted by Crippen LogP contribution is -2.29. The summed E-state index contributed by atoms with van der Waals surface area (Å²) in [7, 11) is 0. The van der Waals surface area contributed by atoms with Crippen LogP contribution in [0.1, 0.15) is 43.5 Å². The minimum absolute atomic E-state index is 0.00957. The maximum Gasteiger partial charge on any atom is 0.301 e. The van der Waals surface area contributed by atoms with E-state index in [-0.39, 0.29) is 17.4 Å². The second kappa shape index (κ2) is 10.3. The van der Waals surface area contributed by atoms with Crippen LogP contribution >= 0.6 is 11.3 Å². The number of amides is 1. The standard InChI is InChI=1S/C31H28N2O6S/c1-4-37-21-9-6-18(7-10-21)27-26(28(34)19-8-13-24-20(15-19)14-17(3)39-24)29(35)30(36)33(27)31-32-23-12-11-22(38-5-2)16-25(23)40-31/h6-13,15-17,27,34H,4-5,14H2,1-3H3/b28-26+/t17-,27+/m1/s1. The predicted octanol–water partition coefficient (Wildman–Crippen LogP) is 6.04. The Kier molecular flexibility index (Phi) is 6.67. The van der Waals surface area contributed by atoms with Gasteiger partial charge in [-0.3, -0.25) is 14.5 Å². The van der Waals surface area contributed by atoms with Gasteiger partial charge >= 0.3 is 5.91 Å². The normalized spacial score (nSPS) is 19.6. The molecule has 0 saturated carbocycles. The summed E-state index contributed by atoms with van der Waals surface area (Å²) >= 11 is 1.29. The van der Waals surface area contributed by atoms with Gasteiger partial charge in [0.15, 0.2) is 5.13 Å². The van der Waals surface area contributed by atoms with Gasteiger partial charge in [0, 0.05) is 12.0 Å². The molecule has 204 valence electrons. The molecule has 3 heterocycles. The van der Waals surface area contributed by atoms with Crippen molar-refractivity contribution in [2.24, 2.45) is 0 Å². The number of ketones is 1. The summed E-state index contributed by atoms with van der Waals surface area (Å²) in [5.41, 5.74) is 2.74. The summed E-state index contributed by atoms with van der Waals surface area (Å²) in [6, 6.07) is 17.2. The van der Waals surface area contributed by atoms with Gasteiger partial charge in [-0.1, -0.05) is 23.5 Å². The van der Waals surface area contributed by atoms with Crippen LogP contribution in [0.5, 0.6) is 17.2 Å². The molecule has 0 aliphatic carbocycles. The van der Waals surface area contributed by atoms with E-state index in [1.165, 1.54) is 16.2 Å². The van der Waals surface area contributed by atoms with Gasteiger partial charge in [-0.15, -0.1) is 0 Å². The minimum Gasteiger partial charge on any atom is -0.507 e. The Bertz CT molecular complexity index is 1660. The number of aliphatic hydroxyl groups excluding tert-OH is 1. The second-order valence-corrected chi connectivity index (χ2v) is 10.7. The van der Waals surface area contributed by atoms with E-state index < -0.39 is 17.7 Å². The molecule has 0 spiro atoms. The molecule has 8 nitrogen and oxygen atoms in total. The number of hydrogen-bond donors (Lipinski definition) is 1. The van der Waals surface area contributed by atoms with Crippen LogP contribution in [0.15, 0.2) is 66.2 Å². The first-order valence-corrected chi connectivity index (χ1v) is 14.1. The molecule has 0 bridgehead atoms. The number of carbonyl (C=O) groups is 2. The number of ether oxygens (including phenoxy) is 3. The first-order valence-electron chi connectivity index (χ1n) is 13.2. The van der Waals surface area contributed by atoms with Crippen molar-refractivity contribution in [1.82, 2.24) is 4.98 Å². The maximum atomic E-state index is 13.6. The van der Waals surface area contributed by atoms with E-state index >= 15 is 0 Å². The third kappa shape index (κ3) is 4.46. The van der Waals surface area contributed by atoms with Crippen molar-refractivity contribution < 1.29 is 28.9 Å². The summed E-state index contributed by atoms with van der Waals surface area (Å²) in [5.74, 6) is 0.373. The fraction of sp³-hybridized carbons (Fsp3) is 0.258. The van der Waals surface area contributed by atoms with Crippen LogP contribution in [0.2, 0.25) is 0 Å². The van der Waals surface area contributed by atoms with E-state index in [9.17, 15) is 14.7 Å².